The number of piperidine rings is 1. The average molecular weight is 551 g/mol. The van der Waals surface area contributed by atoms with Gasteiger partial charge >= 0.3 is 0 Å². The molecule has 4 aromatic rings. The zero-order valence-corrected chi connectivity index (χ0v) is 23.6. The van der Waals surface area contributed by atoms with Crippen LogP contribution in [0.5, 0.6) is 5.75 Å². The van der Waals surface area contributed by atoms with Gasteiger partial charge in [0.1, 0.15) is 11.3 Å². The number of benzene rings is 2. The van der Waals surface area contributed by atoms with Gasteiger partial charge in [0, 0.05) is 24.2 Å². The fourth-order valence-corrected chi connectivity index (χ4v) is 7.02. The Labute approximate surface area is 241 Å². The van der Waals surface area contributed by atoms with Crippen LogP contribution in [0.25, 0.3) is 10.9 Å². The lowest BCUT2D eigenvalue weighted by Gasteiger charge is -2.53. The van der Waals surface area contributed by atoms with Crippen molar-refractivity contribution < 1.29 is 9.90 Å². The summed E-state index contributed by atoms with van der Waals surface area (Å²) in [7, 11) is 0. The molecule has 3 unspecified atom stereocenters. The molecule has 7 heteroatoms. The molecule has 1 saturated carbocycles. The van der Waals surface area contributed by atoms with Crippen LogP contribution < -0.4 is 10.9 Å². The fourth-order valence-electron chi connectivity index (χ4n) is 7.02. The summed E-state index contributed by atoms with van der Waals surface area (Å²) in [5, 5.41) is 14.8. The minimum Gasteiger partial charge on any atom is -0.506 e. The second kappa shape index (κ2) is 11.9. The van der Waals surface area contributed by atoms with Gasteiger partial charge in [0.2, 0.25) is 0 Å². The lowest BCUT2D eigenvalue weighted by molar-refractivity contribution is 0.00803. The molecule has 1 aliphatic heterocycles. The molecule has 2 bridgehead atoms. The van der Waals surface area contributed by atoms with Crippen molar-refractivity contribution in [1.82, 2.24) is 19.8 Å². The van der Waals surface area contributed by atoms with Crippen molar-refractivity contribution in [2.45, 2.75) is 69.6 Å². The van der Waals surface area contributed by atoms with Crippen molar-refractivity contribution in [3.63, 3.8) is 0 Å². The molecular weight excluding hydrogens is 512 g/mol. The number of likely N-dealkylation sites (tertiary alicyclic amines) is 1. The Bertz CT molecular complexity index is 1570. The van der Waals surface area contributed by atoms with Crippen LogP contribution in [0.1, 0.15) is 67.1 Å². The van der Waals surface area contributed by atoms with Crippen LogP contribution in [-0.2, 0) is 12.0 Å². The molecule has 3 heterocycles. The summed E-state index contributed by atoms with van der Waals surface area (Å²) >= 11 is 0. The summed E-state index contributed by atoms with van der Waals surface area (Å²) in [6.07, 6.45) is 7.72. The van der Waals surface area contributed by atoms with Crippen LogP contribution >= 0.6 is 0 Å². The van der Waals surface area contributed by atoms with Gasteiger partial charge in [-0.2, -0.15) is 0 Å². The number of carbonyl (C=O) groups is 1. The first-order chi connectivity index (χ1) is 19.5. The van der Waals surface area contributed by atoms with Gasteiger partial charge in [0.15, 0.2) is 0 Å². The van der Waals surface area contributed by atoms with Crippen molar-refractivity contribution in [2.75, 3.05) is 6.54 Å². The molecule has 2 N–H and O–H groups in total. The van der Waals surface area contributed by atoms with E-state index in [4.69, 9.17) is 0 Å². The van der Waals surface area contributed by atoms with Gasteiger partial charge in [-0.25, -0.2) is 0 Å². The van der Waals surface area contributed by atoms with Gasteiger partial charge < -0.3 is 15.0 Å². The lowest BCUT2D eigenvalue weighted by atomic mass is 9.63. The third-order valence-electron chi connectivity index (χ3n) is 9.03. The highest BCUT2D eigenvalue weighted by molar-refractivity contribution is 6.02. The first-order valence-electron chi connectivity index (χ1n) is 14.4. The largest absolute Gasteiger partial charge is 0.506 e. The number of nitrogens with one attached hydrogen (secondary N) is 1. The zero-order valence-electron chi connectivity index (χ0n) is 23.6. The van der Waals surface area contributed by atoms with Gasteiger partial charge in [0.25, 0.3) is 11.5 Å². The smallest absolute Gasteiger partial charge is 0.268 e. The number of pyridine rings is 2. The number of hydrogen-bond acceptors (Lipinski definition) is 5. The predicted octanol–water partition coefficient (Wildman–Crippen LogP) is 5.53. The Morgan fingerprint density at radius 2 is 1.83 bits per heavy atom. The van der Waals surface area contributed by atoms with Gasteiger partial charge in [-0.3, -0.25) is 19.5 Å². The maximum Gasteiger partial charge on any atom is 0.268 e. The highest BCUT2D eigenvalue weighted by Gasteiger charge is 2.45. The van der Waals surface area contributed by atoms with E-state index in [0.29, 0.717) is 29.1 Å². The first-order valence-corrected chi connectivity index (χ1v) is 14.4. The summed E-state index contributed by atoms with van der Waals surface area (Å²) in [6, 6.07) is 23.9. The van der Waals surface area contributed by atoms with Gasteiger partial charge in [-0.05, 0) is 67.3 Å². The minimum atomic E-state index is -0.537. The van der Waals surface area contributed by atoms with E-state index in [1.807, 2.05) is 24.3 Å². The van der Waals surface area contributed by atoms with Crippen molar-refractivity contribution in [2.24, 2.45) is 0 Å². The Hall–Kier alpha value is -3.97. The lowest BCUT2D eigenvalue weighted by Crippen LogP contribution is -2.59. The van der Waals surface area contributed by atoms with Crippen molar-refractivity contribution in [3.8, 4) is 5.75 Å². The molecule has 2 fully saturated rings. The average Bonchev–Trinajstić information content (AvgIpc) is 2.99. The van der Waals surface area contributed by atoms with Gasteiger partial charge in [-0.1, -0.05) is 69.3 Å². The number of carbonyl (C=O) groups excluding carboxylic acids is 1. The number of fused-ring (bicyclic) bond motifs is 3. The SMILES string of the molecule is CCC(NC(=O)c1c(O)c2ccccc2n(Cc2ccccn2)c1=O)N1CCC2(c3ccccc3)CCCC1C2.[CH2]. The molecule has 2 aliphatic rings. The molecule has 1 amide bonds. The van der Waals surface area contributed by atoms with E-state index in [2.05, 4.69) is 52.5 Å². The number of rotatable bonds is 7. The maximum absolute atomic E-state index is 13.8. The van der Waals surface area contributed by atoms with Crippen LogP contribution in [0.3, 0.4) is 0 Å². The summed E-state index contributed by atoms with van der Waals surface area (Å²) in [5.41, 5.74) is 2.14. The van der Waals surface area contributed by atoms with E-state index < -0.39 is 11.5 Å². The Morgan fingerprint density at radius 1 is 1.07 bits per heavy atom. The second-order valence-corrected chi connectivity index (χ2v) is 11.2. The van der Waals surface area contributed by atoms with Crippen molar-refractivity contribution in [1.29, 1.82) is 0 Å². The van der Waals surface area contributed by atoms with E-state index in [9.17, 15) is 14.7 Å². The second-order valence-electron chi connectivity index (χ2n) is 11.2. The Morgan fingerprint density at radius 3 is 2.59 bits per heavy atom. The molecule has 6 rings (SSSR count). The normalized spacial score (nSPS) is 21.1. The van der Waals surface area contributed by atoms with Crippen LogP contribution in [0, 0.1) is 7.43 Å². The quantitative estimate of drug-likeness (QED) is 0.316. The molecule has 3 atom stereocenters. The molecule has 212 valence electrons. The molecule has 1 aliphatic carbocycles. The van der Waals surface area contributed by atoms with E-state index in [1.54, 1.807) is 24.4 Å². The minimum absolute atomic E-state index is 0. The molecule has 41 heavy (non-hydrogen) atoms. The van der Waals surface area contributed by atoms with Crippen LogP contribution in [0.2, 0.25) is 0 Å². The Kier molecular flexibility index (Phi) is 8.27. The molecule has 0 spiro atoms. The number of hydrogen-bond donors (Lipinski definition) is 2. The van der Waals surface area contributed by atoms with E-state index >= 15 is 0 Å². The molecule has 2 aromatic heterocycles. The monoisotopic (exact) mass is 550 g/mol. The van der Waals surface area contributed by atoms with Crippen molar-refractivity contribution in [3.05, 3.63) is 114 Å². The summed E-state index contributed by atoms with van der Waals surface area (Å²) < 4.78 is 1.53. The molecule has 1 saturated heterocycles. The number of aromatic hydroxyl groups is 1. The Balaban J connectivity index is 0.00000337. The number of nitrogens with zero attached hydrogens (tertiary/aromatic N) is 3. The highest BCUT2D eigenvalue weighted by Crippen LogP contribution is 2.47. The molecule has 2 radical (unpaired) electrons. The van der Waals surface area contributed by atoms with Crippen LogP contribution in [0.15, 0.2) is 83.8 Å². The molecule has 7 nitrogen and oxygen atoms in total. The molecular formula is C34H38N4O3. The highest BCUT2D eigenvalue weighted by atomic mass is 16.3. The fraction of sp³-hybridized carbons (Fsp3) is 0.353. The van der Waals surface area contributed by atoms with E-state index in [-0.39, 0.29) is 36.9 Å². The number of amides is 1. The van der Waals surface area contributed by atoms with Crippen LogP contribution in [-0.4, -0.2) is 44.2 Å². The first kappa shape index (κ1) is 28.6. The zero-order chi connectivity index (χ0) is 27.7. The summed E-state index contributed by atoms with van der Waals surface area (Å²) in [6.45, 7) is 3.14. The third-order valence-corrected chi connectivity index (χ3v) is 9.03. The third kappa shape index (κ3) is 5.26. The van der Waals surface area contributed by atoms with E-state index in [1.165, 1.54) is 16.6 Å². The standard InChI is InChI=1S/C33H36N4O3.CH2/c1-2-28(36-20-18-33(17-10-14-25(36)21-33)23-11-4-3-5-12-23)35-31(39)29-30(38)26-15-6-7-16-27(26)37(32(29)40)22-24-13-8-9-19-34-24;/h3-9,11-13,15-16,19,25,28,38H,2,10,14,17-18,20-22H2,1H3,(H,35,39);1H2. The summed E-state index contributed by atoms with van der Waals surface area (Å²) in [5.74, 6) is -0.810. The van der Waals surface area contributed by atoms with E-state index in [0.717, 1.165) is 32.2 Å². The number of para-hydroxylation sites is 1. The summed E-state index contributed by atoms with van der Waals surface area (Å²) in [4.78, 5) is 34.3. The maximum atomic E-state index is 13.8. The molecule has 2 aromatic carbocycles. The topological polar surface area (TPSA) is 87.5 Å². The van der Waals surface area contributed by atoms with Gasteiger partial charge in [0.05, 0.1) is 23.9 Å². The van der Waals surface area contributed by atoms with Crippen molar-refractivity contribution >= 4 is 16.8 Å². The number of aromatic nitrogens is 2. The predicted molar refractivity (Wildman–Crippen MR) is 162 cm³/mol. The van der Waals surface area contributed by atoms with Crippen LogP contribution in [0.4, 0.5) is 0 Å². The van der Waals surface area contributed by atoms with Gasteiger partial charge in [-0.15, -0.1) is 0 Å².